The Kier molecular flexibility index (Phi) is 9.33. The third-order valence-corrected chi connectivity index (χ3v) is 5.92. The molecule has 0 aliphatic carbocycles. The van der Waals surface area contributed by atoms with E-state index in [1.54, 1.807) is 23.1 Å². The van der Waals surface area contributed by atoms with Crippen LogP contribution in [0.4, 0.5) is 5.69 Å². The average Bonchev–Trinajstić information content (AvgIpc) is 2.85. The van der Waals surface area contributed by atoms with Crippen molar-refractivity contribution in [3.8, 4) is 0 Å². The number of carbonyl (C=O) groups is 2. The van der Waals surface area contributed by atoms with Gasteiger partial charge in [0.05, 0.1) is 11.3 Å². The number of aryl methyl sites for hydroxylation is 1. The van der Waals surface area contributed by atoms with Crippen LogP contribution in [-0.2, 0) is 29.0 Å². The second-order valence-corrected chi connectivity index (χ2v) is 9.42. The van der Waals surface area contributed by atoms with Gasteiger partial charge in [-0.05, 0) is 24.0 Å². The fraction of sp³-hybridized carbons (Fsp3) is 0.310. The summed E-state index contributed by atoms with van der Waals surface area (Å²) in [5.41, 5.74) is 3.08. The van der Waals surface area contributed by atoms with E-state index in [-0.39, 0.29) is 36.4 Å². The quantitative estimate of drug-likeness (QED) is 0.309. The summed E-state index contributed by atoms with van der Waals surface area (Å²) >= 11 is 0. The minimum atomic E-state index is -0.776. The van der Waals surface area contributed by atoms with E-state index in [0.717, 1.165) is 16.7 Å². The van der Waals surface area contributed by atoms with Gasteiger partial charge in [-0.2, -0.15) is 0 Å². The highest BCUT2D eigenvalue weighted by Crippen LogP contribution is 2.22. The normalized spacial score (nSPS) is 11.7. The number of benzene rings is 3. The number of carbonyl (C=O) groups excluding carboxylic acids is 2. The first-order valence-corrected chi connectivity index (χ1v) is 12.1. The van der Waals surface area contributed by atoms with Crippen molar-refractivity contribution in [2.45, 2.75) is 46.2 Å². The number of nitrogens with zero attached hydrogens (tertiary/aromatic N) is 2. The van der Waals surface area contributed by atoms with Gasteiger partial charge < -0.3 is 10.2 Å². The van der Waals surface area contributed by atoms with Crippen molar-refractivity contribution in [1.29, 1.82) is 0 Å². The minimum Gasteiger partial charge on any atom is -0.354 e. The summed E-state index contributed by atoms with van der Waals surface area (Å²) in [7, 11) is 0. The zero-order valence-corrected chi connectivity index (χ0v) is 21.0. The number of nitro benzene ring substituents is 1. The molecular formula is C29H33N3O4. The van der Waals surface area contributed by atoms with Gasteiger partial charge in [-0.3, -0.25) is 19.7 Å². The molecule has 3 aromatic carbocycles. The maximum atomic E-state index is 13.8. The molecule has 1 N–H and O–H groups in total. The van der Waals surface area contributed by atoms with Crippen LogP contribution in [-0.4, -0.2) is 34.2 Å². The molecule has 3 rings (SSSR count). The number of nitrogens with one attached hydrogen (secondary N) is 1. The van der Waals surface area contributed by atoms with Crippen molar-refractivity contribution in [2.75, 3.05) is 6.54 Å². The van der Waals surface area contributed by atoms with Crippen LogP contribution >= 0.6 is 0 Å². The molecule has 0 fully saturated rings. The largest absolute Gasteiger partial charge is 0.354 e. The first-order chi connectivity index (χ1) is 17.2. The number of rotatable bonds is 11. The van der Waals surface area contributed by atoms with E-state index in [1.165, 1.54) is 6.07 Å². The first-order valence-electron chi connectivity index (χ1n) is 12.1. The van der Waals surface area contributed by atoms with Gasteiger partial charge in [0, 0.05) is 31.1 Å². The van der Waals surface area contributed by atoms with E-state index in [9.17, 15) is 19.7 Å². The zero-order valence-electron chi connectivity index (χ0n) is 21.0. The van der Waals surface area contributed by atoms with E-state index >= 15 is 0 Å². The zero-order chi connectivity index (χ0) is 26.1. The van der Waals surface area contributed by atoms with E-state index in [4.69, 9.17) is 0 Å². The summed E-state index contributed by atoms with van der Waals surface area (Å²) in [5, 5.41) is 14.5. The molecule has 1 atom stereocenters. The molecule has 36 heavy (non-hydrogen) atoms. The maximum Gasteiger partial charge on any atom is 0.273 e. The molecule has 0 saturated carbocycles. The molecule has 0 bridgehead atoms. The van der Waals surface area contributed by atoms with Crippen LogP contribution in [0.5, 0.6) is 0 Å². The molecule has 0 aromatic heterocycles. The Balaban J connectivity index is 2.00. The van der Waals surface area contributed by atoms with Crippen LogP contribution in [0.3, 0.4) is 0 Å². The van der Waals surface area contributed by atoms with Crippen LogP contribution in [0.15, 0.2) is 78.9 Å². The Morgan fingerprint density at radius 1 is 0.944 bits per heavy atom. The number of nitro groups is 1. The lowest BCUT2D eigenvalue weighted by Gasteiger charge is -2.32. The standard InChI is InChI=1S/C29H33N3O4/c1-21(2)19-30-29(34)27(17-23-11-5-4-6-12-23)31(20-24-13-9-10-22(3)16-24)28(33)18-25-14-7-8-15-26(25)32(35)36/h4-16,21,27H,17-20H2,1-3H3,(H,30,34). The Morgan fingerprint density at radius 3 is 2.28 bits per heavy atom. The monoisotopic (exact) mass is 487 g/mol. The van der Waals surface area contributed by atoms with E-state index < -0.39 is 11.0 Å². The van der Waals surface area contributed by atoms with Gasteiger partial charge in [-0.25, -0.2) is 0 Å². The molecule has 2 amide bonds. The molecule has 0 radical (unpaired) electrons. The van der Waals surface area contributed by atoms with Crippen molar-refractivity contribution < 1.29 is 14.5 Å². The molecular weight excluding hydrogens is 454 g/mol. The third kappa shape index (κ3) is 7.50. The molecule has 7 heteroatoms. The predicted molar refractivity (Wildman–Crippen MR) is 140 cm³/mol. The Hall–Kier alpha value is -4.00. The van der Waals surface area contributed by atoms with Gasteiger partial charge in [0.2, 0.25) is 11.8 Å². The molecule has 1 unspecified atom stereocenters. The van der Waals surface area contributed by atoms with Crippen molar-refractivity contribution in [2.24, 2.45) is 5.92 Å². The van der Waals surface area contributed by atoms with Gasteiger partial charge in [0.25, 0.3) is 5.69 Å². The summed E-state index contributed by atoms with van der Waals surface area (Å²) in [6, 6.07) is 22.8. The van der Waals surface area contributed by atoms with Crippen LogP contribution in [0.25, 0.3) is 0 Å². The van der Waals surface area contributed by atoms with Gasteiger partial charge >= 0.3 is 0 Å². The highest BCUT2D eigenvalue weighted by atomic mass is 16.6. The topological polar surface area (TPSA) is 92.6 Å². The molecule has 0 heterocycles. The lowest BCUT2D eigenvalue weighted by atomic mass is 10.0. The van der Waals surface area contributed by atoms with Gasteiger partial charge in [0.15, 0.2) is 0 Å². The minimum absolute atomic E-state index is 0.106. The van der Waals surface area contributed by atoms with Crippen molar-refractivity contribution in [3.05, 3.63) is 111 Å². The van der Waals surface area contributed by atoms with Crippen LogP contribution in [0.2, 0.25) is 0 Å². The van der Waals surface area contributed by atoms with E-state index in [1.807, 2.05) is 75.4 Å². The number of hydrogen-bond donors (Lipinski definition) is 1. The first kappa shape index (κ1) is 26.6. The molecule has 0 aliphatic rings. The molecule has 188 valence electrons. The van der Waals surface area contributed by atoms with Crippen molar-refractivity contribution in [1.82, 2.24) is 10.2 Å². The summed E-state index contributed by atoms with van der Waals surface area (Å²) in [6.45, 7) is 6.70. The molecule has 7 nitrogen and oxygen atoms in total. The molecule has 0 saturated heterocycles. The van der Waals surface area contributed by atoms with E-state index in [0.29, 0.717) is 18.5 Å². The van der Waals surface area contributed by atoms with Gasteiger partial charge in [-0.15, -0.1) is 0 Å². The molecule has 3 aromatic rings. The third-order valence-electron chi connectivity index (χ3n) is 5.92. The van der Waals surface area contributed by atoms with Gasteiger partial charge in [-0.1, -0.05) is 92.2 Å². The summed E-state index contributed by atoms with van der Waals surface area (Å²) in [4.78, 5) is 39.9. The smallest absolute Gasteiger partial charge is 0.273 e. The Bertz CT molecular complexity index is 1190. The van der Waals surface area contributed by atoms with E-state index in [2.05, 4.69) is 5.32 Å². The highest BCUT2D eigenvalue weighted by molar-refractivity contribution is 5.89. The second-order valence-electron chi connectivity index (χ2n) is 9.42. The van der Waals surface area contributed by atoms with Crippen LogP contribution in [0, 0.1) is 23.0 Å². The van der Waals surface area contributed by atoms with Crippen LogP contribution in [0.1, 0.15) is 36.1 Å². The van der Waals surface area contributed by atoms with Crippen molar-refractivity contribution >= 4 is 17.5 Å². The Labute approximate surface area is 212 Å². The molecule has 0 spiro atoms. The fourth-order valence-corrected chi connectivity index (χ4v) is 4.09. The number of hydrogen-bond acceptors (Lipinski definition) is 4. The number of para-hydroxylation sites is 1. The lowest BCUT2D eigenvalue weighted by Crippen LogP contribution is -2.51. The second kappa shape index (κ2) is 12.6. The summed E-state index contributed by atoms with van der Waals surface area (Å²) < 4.78 is 0. The molecule has 0 aliphatic heterocycles. The predicted octanol–water partition coefficient (Wildman–Crippen LogP) is 4.86. The summed E-state index contributed by atoms with van der Waals surface area (Å²) in [5.74, 6) is -0.332. The summed E-state index contributed by atoms with van der Waals surface area (Å²) in [6.07, 6.45) is 0.158. The number of amides is 2. The lowest BCUT2D eigenvalue weighted by molar-refractivity contribution is -0.385. The van der Waals surface area contributed by atoms with Crippen molar-refractivity contribution in [3.63, 3.8) is 0 Å². The fourth-order valence-electron chi connectivity index (χ4n) is 4.09. The van der Waals surface area contributed by atoms with Crippen LogP contribution < -0.4 is 5.32 Å². The SMILES string of the molecule is Cc1cccc(CN(C(=O)Cc2ccccc2[N+](=O)[O-])C(Cc2ccccc2)C(=O)NCC(C)C)c1. The average molecular weight is 488 g/mol. The Morgan fingerprint density at radius 2 is 1.61 bits per heavy atom. The maximum absolute atomic E-state index is 13.8. The highest BCUT2D eigenvalue weighted by Gasteiger charge is 2.31. The van der Waals surface area contributed by atoms with Gasteiger partial charge in [0.1, 0.15) is 6.04 Å².